The molecule has 6 nitrogen and oxygen atoms in total. The lowest BCUT2D eigenvalue weighted by Gasteiger charge is -2.15. The van der Waals surface area contributed by atoms with Crippen LogP contribution in [0.15, 0.2) is 30.3 Å². The first-order valence-electron chi connectivity index (χ1n) is 9.22. The first-order chi connectivity index (χ1) is 13.8. The number of ether oxygens (including phenoxy) is 1. The number of nitro benzene ring substituents is 1. The lowest BCUT2D eigenvalue weighted by atomic mass is 9.92. The average molecular weight is 481 g/mol. The van der Waals surface area contributed by atoms with Gasteiger partial charge in [0.2, 0.25) is 5.75 Å². The highest BCUT2D eigenvalue weighted by Crippen LogP contribution is 2.45. The second kappa shape index (κ2) is 10.6. The third-order valence-corrected chi connectivity index (χ3v) is 5.18. The van der Waals surface area contributed by atoms with E-state index in [0.717, 1.165) is 6.42 Å². The Kier molecular flexibility index (Phi) is 8.40. The molecule has 2 aromatic carbocycles. The summed E-state index contributed by atoms with van der Waals surface area (Å²) in [7, 11) is 1.67. The Balaban J connectivity index is 2.71. The highest BCUT2D eigenvalue weighted by molar-refractivity contribution is 9.09. The Morgan fingerprint density at radius 3 is 2.41 bits per heavy atom. The summed E-state index contributed by atoms with van der Waals surface area (Å²) in [5.74, 6) is -0.453. The van der Waals surface area contributed by atoms with Gasteiger partial charge in [-0.05, 0) is 24.4 Å². The summed E-state index contributed by atoms with van der Waals surface area (Å²) < 4.78 is 5.71. The fourth-order valence-corrected chi connectivity index (χ4v) is 3.46. The van der Waals surface area contributed by atoms with Gasteiger partial charge in [0.15, 0.2) is 11.6 Å². The Morgan fingerprint density at radius 2 is 1.90 bits per heavy atom. The van der Waals surface area contributed by atoms with E-state index in [9.17, 15) is 19.7 Å². The van der Waals surface area contributed by atoms with E-state index in [-0.39, 0.29) is 57.4 Å². The molecule has 29 heavy (non-hydrogen) atoms. The number of hydrogen-bond acceptors (Lipinski definition) is 5. The van der Waals surface area contributed by atoms with Crippen LogP contribution in [0.25, 0.3) is 11.1 Å². The zero-order chi connectivity index (χ0) is 21.6. The molecular weight excluding hydrogens is 460 g/mol. The number of nitrogens with zero attached hydrogens (tertiary/aromatic N) is 1. The molecule has 0 unspecified atom stereocenters. The molecule has 152 valence electrons. The fourth-order valence-electron chi connectivity index (χ4n) is 2.83. The van der Waals surface area contributed by atoms with E-state index < -0.39 is 4.92 Å². The fraction of sp³-hybridized carbons (Fsp3) is 0.300. The molecule has 0 aliphatic carbocycles. The topological polar surface area (TPSA) is 86.5 Å². The molecule has 2 aromatic rings. The number of carbonyl (C=O) groups is 2. The first kappa shape index (κ1) is 23.1. The van der Waals surface area contributed by atoms with Crippen LogP contribution in [0.3, 0.4) is 0 Å². The maximum Gasteiger partial charge on any atom is 0.320 e. The molecule has 0 amide bonds. The summed E-state index contributed by atoms with van der Waals surface area (Å²) >= 11 is 9.51. The van der Waals surface area contributed by atoms with Crippen molar-refractivity contribution in [3.05, 3.63) is 56.6 Å². The Morgan fingerprint density at radius 1 is 1.24 bits per heavy atom. The zero-order valence-corrected chi connectivity index (χ0v) is 18.5. The van der Waals surface area contributed by atoms with Crippen LogP contribution in [0.1, 0.15) is 40.5 Å². The number of Topliss-reactive ketones (excluding diaryl/α,β-unsaturated/α-hetero) is 2. The minimum absolute atomic E-state index is 0.0599. The van der Waals surface area contributed by atoms with Crippen LogP contribution in [0.2, 0.25) is 11.3 Å². The van der Waals surface area contributed by atoms with Gasteiger partial charge < -0.3 is 4.74 Å². The van der Waals surface area contributed by atoms with Gasteiger partial charge in [0.1, 0.15) is 7.85 Å². The van der Waals surface area contributed by atoms with Crippen molar-refractivity contribution in [1.29, 1.82) is 0 Å². The van der Waals surface area contributed by atoms with Crippen molar-refractivity contribution >= 4 is 52.6 Å². The molecule has 0 aromatic heterocycles. The summed E-state index contributed by atoms with van der Waals surface area (Å²) in [6.45, 7) is 2.22. The molecule has 0 aliphatic heterocycles. The lowest BCUT2D eigenvalue weighted by molar-refractivity contribution is -0.385. The molecule has 0 heterocycles. The Bertz CT molecular complexity index is 933. The van der Waals surface area contributed by atoms with E-state index in [1.807, 2.05) is 6.92 Å². The smallest absolute Gasteiger partial charge is 0.320 e. The van der Waals surface area contributed by atoms with Crippen LogP contribution >= 0.6 is 27.5 Å². The Hall–Kier alpha value is -2.19. The van der Waals surface area contributed by atoms with Crippen LogP contribution in [-0.4, -0.2) is 36.3 Å². The van der Waals surface area contributed by atoms with E-state index >= 15 is 0 Å². The van der Waals surface area contributed by atoms with Crippen molar-refractivity contribution in [2.75, 3.05) is 11.9 Å². The molecule has 2 rings (SSSR count). The molecule has 0 N–H and O–H groups in total. The number of hydrogen-bond donors (Lipinski definition) is 0. The summed E-state index contributed by atoms with van der Waals surface area (Å²) in [6, 6.07) is 7.79. The maximum atomic E-state index is 12.4. The number of nitro groups is 1. The van der Waals surface area contributed by atoms with Gasteiger partial charge in [0.05, 0.1) is 33.0 Å². The largest absolute Gasteiger partial charge is 0.486 e. The standard InChI is InChI=1S/C20H20BBrClNO5/c1-2-3-8-29-20-14(16(25)10-21)9-15(23)18(19(20)24(27)28)13-6-4-12(5-7-13)17(26)11-22/h4-7,9H,2-3,8,10-11,21H2,1H3. The van der Waals surface area contributed by atoms with Crippen LogP contribution in [-0.2, 0) is 0 Å². The maximum absolute atomic E-state index is 12.4. The van der Waals surface area contributed by atoms with Gasteiger partial charge in [-0.3, -0.25) is 19.7 Å². The Labute approximate surface area is 183 Å². The van der Waals surface area contributed by atoms with Crippen molar-refractivity contribution in [3.8, 4) is 16.9 Å². The molecular formula is C20H20BBrClNO5. The second-order valence-electron chi connectivity index (χ2n) is 6.33. The van der Waals surface area contributed by atoms with Crippen LogP contribution in [0.5, 0.6) is 5.75 Å². The van der Waals surface area contributed by atoms with Gasteiger partial charge in [0.25, 0.3) is 0 Å². The van der Waals surface area contributed by atoms with Crippen molar-refractivity contribution in [1.82, 2.24) is 0 Å². The van der Waals surface area contributed by atoms with Crippen LogP contribution < -0.4 is 4.74 Å². The van der Waals surface area contributed by atoms with Crippen molar-refractivity contribution in [2.45, 2.75) is 26.1 Å². The first-order valence-corrected chi connectivity index (χ1v) is 10.7. The molecule has 0 bridgehead atoms. The number of benzene rings is 2. The van der Waals surface area contributed by atoms with Crippen molar-refractivity contribution in [2.24, 2.45) is 0 Å². The SMILES string of the molecule is BCC(=O)c1cc(Cl)c(-c2ccc(C(=O)CBr)cc2)c([N+](=O)[O-])c1OCCCC. The number of alkyl halides is 1. The quantitative estimate of drug-likeness (QED) is 0.120. The molecule has 9 heteroatoms. The molecule has 0 saturated heterocycles. The van der Waals surface area contributed by atoms with E-state index in [0.29, 0.717) is 17.5 Å². The van der Waals surface area contributed by atoms with Gasteiger partial charge in [-0.1, -0.05) is 65.1 Å². The third kappa shape index (κ3) is 5.25. The minimum atomic E-state index is -0.577. The van der Waals surface area contributed by atoms with Crippen molar-refractivity contribution in [3.63, 3.8) is 0 Å². The van der Waals surface area contributed by atoms with Gasteiger partial charge in [0, 0.05) is 5.56 Å². The molecule has 0 aliphatic rings. The minimum Gasteiger partial charge on any atom is -0.486 e. The summed E-state index contributed by atoms with van der Waals surface area (Å²) in [5.41, 5.74) is 0.860. The number of carbonyl (C=O) groups excluding carboxylic acids is 2. The van der Waals surface area contributed by atoms with Crippen molar-refractivity contribution < 1.29 is 19.2 Å². The highest BCUT2D eigenvalue weighted by atomic mass is 79.9. The highest BCUT2D eigenvalue weighted by Gasteiger charge is 2.31. The molecule has 0 radical (unpaired) electrons. The van der Waals surface area contributed by atoms with E-state index in [4.69, 9.17) is 16.3 Å². The predicted octanol–water partition coefficient (Wildman–Crippen LogP) is 4.91. The van der Waals surface area contributed by atoms with E-state index in [2.05, 4.69) is 15.9 Å². The van der Waals surface area contributed by atoms with Crippen LogP contribution in [0.4, 0.5) is 5.69 Å². The number of rotatable bonds is 10. The monoisotopic (exact) mass is 479 g/mol. The van der Waals surface area contributed by atoms with Gasteiger partial charge in [-0.25, -0.2) is 0 Å². The van der Waals surface area contributed by atoms with Gasteiger partial charge >= 0.3 is 5.69 Å². The number of ketones is 2. The molecule has 0 saturated carbocycles. The van der Waals surface area contributed by atoms with E-state index in [1.54, 1.807) is 32.1 Å². The predicted molar refractivity (Wildman–Crippen MR) is 120 cm³/mol. The number of unbranched alkanes of at least 4 members (excludes halogenated alkanes) is 1. The van der Waals surface area contributed by atoms with Gasteiger partial charge in [-0.2, -0.15) is 0 Å². The van der Waals surface area contributed by atoms with Crippen LogP contribution in [0, 0.1) is 10.1 Å². The average Bonchev–Trinajstić information content (AvgIpc) is 2.73. The normalized spacial score (nSPS) is 10.6. The zero-order valence-electron chi connectivity index (χ0n) is 16.2. The van der Waals surface area contributed by atoms with Gasteiger partial charge in [-0.15, -0.1) is 0 Å². The summed E-state index contributed by atoms with van der Waals surface area (Å²) in [5, 5.41) is 12.2. The van der Waals surface area contributed by atoms with E-state index in [1.165, 1.54) is 6.07 Å². The molecule has 0 atom stereocenters. The summed E-state index contributed by atoms with van der Waals surface area (Å²) in [4.78, 5) is 35.6. The molecule has 0 fully saturated rings. The number of halogens is 2. The third-order valence-electron chi connectivity index (χ3n) is 4.37. The second-order valence-corrected chi connectivity index (χ2v) is 7.30. The summed E-state index contributed by atoms with van der Waals surface area (Å²) in [6.07, 6.45) is 1.70. The lowest BCUT2D eigenvalue weighted by Crippen LogP contribution is -2.09. The molecule has 0 spiro atoms.